The molecule has 0 atom stereocenters. The molecule has 0 unspecified atom stereocenters. The van der Waals surface area contributed by atoms with Crippen molar-refractivity contribution in [3.05, 3.63) is 83.1 Å². The fourth-order valence-electron chi connectivity index (χ4n) is 4.67. The van der Waals surface area contributed by atoms with E-state index >= 15 is 0 Å². The third-order valence-corrected chi connectivity index (χ3v) is 6.53. The minimum atomic E-state index is -0.127. The van der Waals surface area contributed by atoms with Crippen molar-refractivity contribution in [3.8, 4) is 5.75 Å². The lowest BCUT2D eigenvalue weighted by molar-refractivity contribution is 0.0693. The Balaban J connectivity index is 1.19. The van der Waals surface area contributed by atoms with Crippen molar-refractivity contribution >= 4 is 5.91 Å². The Labute approximate surface area is 206 Å². The molecule has 0 aliphatic carbocycles. The number of carbonyl (C=O) groups is 1. The predicted octanol–water partition coefficient (Wildman–Crippen LogP) is 3.17. The van der Waals surface area contributed by atoms with Crippen molar-refractivity contribution in [1.82, 2.24) is 19.7 Å². The molecule has 3 aromatic rings. The molecule has 184 valence electrons. The van der Waals surface area contributed by atoms with Crippen LogP contribution in [-0.2, 0) is 31.0 Å². The zero-order valence-electron chi connectivity index (χ0n) is 20.2. The highest BCUT2D eigenvalue weighted by molar-refractivity contribution is 5.91. The molecule has 0 radical (unpaired) electrons. The van der Waals surface area contributed by atoms with Gasteiger partial charge in [-0.15, -0.1) is 0 Å². The molecule has 0 bridgehead atoms. The van der Waals surface area contributed by atoms with Crippen LogP contribution < -0.4 is 4.74 Å². The van der Waals surface area contributed by atoms with E-state index in [9.17, 15) is 4.79 Å². The van der Waals surface area contributed by atoms with Gasteiger partial charge in [-0.1, -0.05) is 12.1 Å². The van der Waals surface area contributed by atoms with E-state index < -0.39 is 0 Å². The Morgan fingerprint density at radius 1 is 1.00 bits per heavy atom. The van der Waals surface area contributed by atoms with Crippen molar-refractivity contribution in [3.63, 3.8) is 0 Å². The second kappa shape index (κ2) is 11.0. The molecule has 2 aliphatic rings. The zero-order chi connectivity index (χ0) is 24.0. The number of carbonyl (C=O) groups excluding carboxylic acids is 1. The number of nitrogens with zero attached hydrogens (tertiary/aromatic N) is 4. The monoisotopic (exact) mass is 476 g/mol. The summed E-state index contributed by atoms with van der Waals surface area (Å²) in [6.07, 6.45) is 1.86. The van der Waals surface area contributed by atoms with Crippen molar-refractivity contribution in [2.45, 2.75) is 26.2 Å². The van der Waals surface area contributed by atoms with Gasteiger partial charge in [0.05, 0.1) is 12.2 Å². The van der Waals surface area contributed by atoms with Gasteiger partial charge in [0.25, 0.3) is 5.91 Å². The summed E-state index contributed by atoms with van der Waals surface area (Å²) in [5.41, 5.74) is 3.39. The number of amides is 1. The molecular formula is C27H32N4O4. The van der Waals surface area contributed by atoms with Crippen LogP contribution in [0, 0.1) is 0 Å². The van der Waals surface area contributed by atoms with Crippen LogP contribution in [0.4, 0.5) is 0 Å². The number of hydrogen-bond acceptors (Lipinski definition) is 7. The van der Waals surface area contributed by atoms with E-state index in [-0.39, 0.29) is 5.91 Å². The van der Waals surface area contributed by atoms with Crippen LogP contribution in [0.15, 0.2) is 59.1 Å². The highest BCUT2D eigenvalue weighted by atomic mass is 16.5. The molecular weight excluding hydrogens is 444 g/mol. The molecule has 0 saturated carbocycles. The van der Waals surface area contributed by atoms with Gasteiger partial charge in [0.1, 0.15) is 24.7 Å². The number of benzene rings is 1. The summed E-state index contributed by atoms with van der Waals surface area (Å²) in [5, 5.41) is 0. The molecule has 0 N–H and O–H groups in total. The first-order valence-corrected chi connectivity index (χ1v) is 12.1. The van der Waals surface area contributed by atoms with Crippen LogP contribution in [0.3, 0.4) is 0 Å². The van der Waals surface area contributed by atoms with Crippen molar-refractivity contribution in [2.75, 3.05) is 46.4 Å². The molecule has 2 aliphatic heterocycles. The van der Waals surface area contributed by atoms with Gasteiger partial charge in [-0.3, -0.25) is 19.6 Å². The van der Waals surface area contributed by atoms with Gasteiger partial charge in [0, 0.05) is 64.7 Å². The average Bonchev–Trinajstić information content (AvgIpc) is 3.24. The topological polar surface area (TPSA) is 71.3 Å². The first-order chi connectivity index (χ1) is 17.2. The Morgan fingerprint density at radius 2 is 1.83 bits per heavy atom. The van der Waals surface area contributed by atoms with Crippen molar-refractivity contribution in [1.29, 1.82) is 0 Å². The third-order valence-electron chi connectivity index (χ3n) is 6.53. The van der Waals surface area contributed by atoms with Crippen LogP contribution in [0.5, 0.6) is 5.75 Å². The molecule has 1 aromatic carbocycles. The molecule has 5 rings (SSSR count). The van der Waals surface area contributed by atoms with Crippen molar-refractivity contribution < 1.29 is 18.7 Å². The van der Waals surface area contributed by atoms with Crippen LogP contribution in [0.2, 0.25) is 0 Å². The molecule has 2 aromatic heterocycles. The summed E-state index contributed by atoms with van der Waals surface area (Å²) in [6, 6.07) is 15.9. The van der Waals surface area contributed by atoms with Gasteiger partial charge < -0.3 is 18.8 Å². The molecule has 8 nitrogen and oxygen atoms in total. The van der Waals surface area contributed by atoms with Gasteiger partial charge in [-0.2, -0.15) is 0 Å². The standard InChI is InChI=1S/C27H32N4O4/c1-33-20-24-6-8-26(35-24)27(32)31-14-15-34-25-7-5-21(16-22(25)18-31)17-29-10-12-30(13-11-29)19-23-4-2-3-9-28-23/h2-9,16H,10-15,17-20H2,1H3. The van der Waals surface area contributed by atoms with Crippen LogP contribution in [0.1, 0.15) is 33.1 Å². The van der Waals surface area contributed by atoms with Gasteiger partial charge in [0.15, 0.2) is 5.76 Å². The van der Waals surface area contributed by atoms with E-state index in [1.165, 1.54) is 5.56 Å². The maximum absolute atomic E-state index is 13.1. The van der Waals surface area contributed by atoms with Crippen LogP contribution >= 0.6 is 0 Å². The number of methoxy groups -OCH3 is 1. The SMILES string of the molecule is COCc1ccc(C(=O)N2CCOc3ccc(CN4CCN(Cc5ccccn5)CC4)cc3C2)o1. The fraction of sp³-hybridized carbons (Fsp3) is 0.407. The Hall–Kier alpha value is -3.20. The van der Waals surface area contributed by atoms with Gasteiger partial charge >= 0.3 is 0 Å². The summed E-state index contributed by atoms with van der Waals surface area (Å²) in [7, 11) is 1.60. The lowest BCUT2D eigenvalue weighted by atomic mass is 10.1. The number of pyridine rings is 1. The van der Waals surface area contributed by atoms with E-state index in [4.69, 9.17) is 13.9 Å². The largest absolute Gasteiger partial charge is 0.491 e. The van der Waals surface area contributed by atoms with E-state index in [0.717, 1.165) is 56.3 Å². The highest BCUT2D eigenvalue weighted by Crippen LogP contribution is 2.26. The number of furan rings is 1. The first-order valence-electron chi connectivity index (χ1n) is 12.1. The van der Waals surface area contributed by atoms with E-state index in [1.54, 1.807) is 24.1 Å². The molecule has 4 heterocycles. The minimum Gasteiger partial charge on any atom is -0.491 e. The van der Waals surface area contributed by atoms with Crippen molar-refractivity contribution in [2.24, 2.45) is 0 Å². The molecule has 1 saturated heterocycles. The smallest absolute Gasteiger partial charge is 0.289 e. The summed E-state index contributed by atoms with van der Waals surface area (Å²) < 4.78 is 16.7. The summed E-state index contributed by atoms with van der Waals surface area (Å²) in [4.78, 5) is 24.2. The first kappa shape index (κ1) is 23.5. The van der Waals surface area contributed by atoms with E-state index in [1.807, 2.05) is 24.4 Å². The summed E-state index contributed by atoms with van der Waals surface area (Å²) >= 11 is 0. The second-order valence-corrected chi connectivity index (χ2v) is 9.09. The Morgan fingerprint density at radius 3 is 2.60 bits per heavy atom. The van der Waals surface area contributed by atoms with E-state index in [2.05, 4.69) is 33.0 Å². The lowest BCUT2D eigenvalue weighted by Gasteiger charge is -2.34. The summed E-state index contributed by atoms with van der Waals surface area (Å²) in [6.45, 7) is 7.71. The lowest BCUT2D eigenvalue weighted by Crippen LogP contribution is -2.45. The van der Waals surface area contributed by atoms with Crippen LogP contribution in [0.25, 0.3) is 0 Å². The van der Waals surface area contributed by atoms with E-state index in [0.29, 0.717) is 37.8 Å². The molecule has 8 heteroatoms. The fourth-order valence-corrected chi connectivity index (χ4v) is 4.67. The second-order valence-electron chi connectivity index (χ2n) is 9.09. The Kier molecular flexibility index (Phi) is 7.42. The minimum absolute atomic E-state index is 0.127. The zero-order valence-corrected chi connectivity index (χ0v) is 20.2. The third kappa shape index (κ3) is 5.90. The molecule has 1 amide bonds. The highest BCUT2D eigenvalue weighted by Gasteiger charge is 2.24. The maximum Gasteiger partial charge on any atom is 0.289 e. The van der Waals surface area contributed by atoms with Crippen LogP contribution in [-0.4, -0.2) is 72.0 Å². The predicted molar refractivity (Wildman–Crippen MR) is 131 cm³/mol. The number of fused-ring (bicyclic) bond motifs is 1. The number of aromatic nitrogens is 1. The van der Waals surface area contributed by atoms with Gasteiger partial charge in [0.2, 0.25) is 0 Å². The Bertz CT molecular complexity index is 1130. The molecule has 0 spiro atoms. The summed E-state index contributed by atoms with van der Waals surface area (Å²) in [5.74, 6) is 1.70. The molecule has 1 fully saturated rings. The normalized spacial score (nSPS) is 17.0. The number of rotatable bonds is 7. The maximum atomic E-state index is 13.1. The number of hydrogen-bond donors (Lipinski definition) is 0. The van der Waals surface area contributed by atoms with Gasteiger partial charge in [-0.25, -0.2) is 0 Å². The van der Waals surface area contributed by atoms with Gasteiger partial charge in [-0.05, 0) is 42.0 Å². The number of piperazine rings is 1. The quantitative estimate of drug-likeness (QED) is 0.519. The molecule has 35 heavy (non-hydrogen) atoms. The average molecular weight is 477 g/mol. The number of ether oxygens (including phenoxy) is 2.